The average molecular weight is 276 g/mol. The van der Waals surface area contributed by atoms with Crippen molar-refractivity contribution >= 4 is 5.91 Å². The zero-order chi connectivity index (χ0) is 14.7. The van der Waals surface area contributed by atoms with E-state index in [-0.39, 0.29) is 18.0 Å². The van der Waals surface area contributed by atoms with E-state index in [2.05, 4.69) is 18.3 Å². The molecule has 0 aliphatic carbocycles. The van der Waals surface area contributed by atoms with Crippen LogP contribution in [-0.2, 0) is 4.79 Å². The normalized spacial score (nSPS) is 22.6. The third kappa shape index (κ3) is 2.96. The standard InChI is InChI=1S/C16H24N2O2/c1-5-18(4)16(19)12(3)17-15-11(2)10-20-14-9-7-6-8-13(14)15/h6-9,11-12,15,17H,5,10H2,1-4H3. The molecule has 0 spiro atoms. The molecular formula is C16H24N2O2. The number of carbonyl (C=O) groups is 1. The fourth-order valence-electron chi connectivity index (χ4n) is 2.57. The van der Waals surface area contributed by atoms with Gasteiger partial charge >= 0.3 is 0 Å². The number of hydrogen-bond donors (Lipinski definition) is 1. The van der Waals surface area contributed by atoms with Crippen molar-refractivity contribution in [2.45, 2.75) is 32.9 Å². The molecule has 0 saturated carbocycles. The van der Waals surface area contributed by atoms with Crippen molar-refractivity contribution in [1.82, 2.24) is 10.2 Å². The molecule has 0 aromatic heterocycles. The van der Waals surface area contributed by atoms with Gasteiger partial charge in [0.15, 0.2) is 0 Å². The second-order valence-corrected chi connectivity index (χ2v) is 5.54. The van der Waals surface area contributed by atoms with Crippen molar-refractivity contribution in [2.24, 2.45) is 5.92 Å². The molecule has 0 fully saturated rings. The van der Waals surface area contributed by atoms with Crippen molar-refractivity contribution in [3.8, 4) is 5.75 Å². The summed E-state index contributed by atoms with van der Waals surface area (Å²) in [4.78, 5) is 13.9. The summed E-state index contributed by atoms with van der Waals surface area (Å²) in [6.07, 6.45) is 0. The topological polar surface area (TPSA) is 41.6 Å². The number of nitrogens with zero attached hydrogens (tertiary/aromatic N) is 1. The number of fused-ring (bicyclic) bond motifs is 1. The van der Waals surface area contributed by atoms with Crippen LogP contribution in [0.4, 0.5) is 0 Å². The first-order chi connectivity index (χ1) is 9.54. The van der Waals surface area contributed by atoms with E-state index in [9.17, 15) is 4.79 Å². The second kappa shape index (κ2) is 6.27. The summed E-state index contributed by atoms with van der Waals surface area (Å²) < 4.78 is 5.74. The fraction of sp³-hybridized carbons (Fsp3) is 0.562. The summed E-state index contributed by atoms with van der Waals surface area (Å²) in [7, 11) is 1.84. The SMILES string of the molecule is CCN(C)C(=O)C(C)NC1c2ccccc2OCC1C. The number of rotatable bonds is 4. The van der Waals surface area contributed by atoms with E-state index in [1.807, 2.05) is 39.1 Å². The van der Waals surface area contributed by atoms with Gasteiger partial charge in [-0.1, -0.05) is 25.1 Å². The fourth-order valence-corrected chi connectivity index (χ4v) is 2.57. The minimum atomic E-state index is -0.196. The van der Waals surface area contributed by atoms with Gasteiger partial charge in [-0.3, -0.25) is 10.1 Å². The molecule has 3 unspecified atom stereocenters. The van der Waals surface area contributed by atoms with Gasteiger partial charge in [-0.05, 0) is 19.9 Å². The summed E-state index contributed by atoms with van der Waals surface area (Å²) >= 11 is 0. The van der Waals surface area contributed by atoms with Crippen LogP contribution in [0.3, 0.4) is 0 Å². The molecule has 3 atom stereocenters. The van der Waals surface area contributed by atoms with Crippen LogP contribution in [0.5, 0.6) is 5.75 Å². The van der Waals surface area contributed by atoms with E-state index < -0.39 is 0 Å². The maximum Gasteiger partial charge on any atom is 0.239 e. The molecule has 2 rings (SSSR count). The molecule has 0 bridgehead atoms. The monoisotopic (exact) mass is 276 g/mol. The Morgan fingerprint density at radius 1 is 1.50 bits per heavy atom. The molecule has 20 heavy (non-hydrogen) atoms. The van der Waals surface area contributed by atoms with Crippen LogP contribution >= 0.6 is 0 Å². The van der Waals surface area contributed by atoms with Crippen molar-refractivity contribution in [3.05, 3.63) is 29.8 Å². The van der Waals surface area contributed by atoms with E-state index in [0.29, 0.717) is 12.5 Å². The molecule has 1 aromatic rings. The van der Waals surface area contributed by atoms with Gasteiger partial charge in [0, 0.05) is 31.1 Å². The first-order valence-electron chi connectivity index (χ1n) is 7.27. The quantitative estimate of drug-likeness (QED) is 0.917. The van der Waals surface area contributed by atoms with Gasteiger partial charge in [0.05, 0.1) is 12.6 Å². The molecule has 4 nitrogen and oxygen atoms in total. The number of para-hydroxylation sites is 1. The Morgan fingerprint density at radius 2 is 2.20 bits per heavy atom. The molecule has 1 heterocycles. The van der Waals surface area contributed by atoms with Crippen molar-refractivity contribution in [3.63, 3.8) is 0 Å². The summed E-state index contributed by atoms with van der Waals surface area (Å²) in [5.74, 6) is 1.39. The van der Waals surface area contributed by atoms with Gasteiger partial charge in [0.2, 0.25) is 5.91 Å². The highest BCUT2D eigenvalue weighted by molar-refractivity contribution is 5.81. The molecule has 1 aliphatic heterocycles. The molecule has 0 radical (unpaired) electrons. The van der Waals surface area contributed by atoms with Crippen LogP contribution in [-0.4, -0.2) is 37.0 Å². The van der Waals surface area contributed by atoms with Gasteiger partial charge in [0.25, 0.3) is 0 Å². The van der Waals surface area contributed by atoms with E-state index >= 15 is 0 Å². The lowest BCUT2D eigenvalue weighted by atomic mass is 9.91. The first kappa shape index (κ1) is 14.9. The van der Waals surface area contributed by atoms with Gasteiger partial charge < -0.3 is 9.64 Å². The lowest BCUT2D eigenvalue weighted by Gasteiger charge is -2.34. The van der Waals surface area contributed by atoms with Crippen molar-refractivity contribution in [2.75, 3.05) is 20.2 Å². The Morgan fingerprint density at radius 3 is 2.90 bits per heavy atom. The molecule has 110 valence electrons. The summed E-state index contributed by atoms with van der Waals surface area (Å²) in [5, 5.41) is 3.47. The lowest BCUT2D eigenvalue weighted by Crippen LogP contribution is -2.47. The maximum atomic E-state index is 12.2. The molecular weight excluding hydrogens is 252 g/mol. The number of ether oxygens (including phenoxy) is 1. The molecule has 1 aliphatic rings. The van der Waals surface area contributed by atoms with Crippen LogP contribution in [0.25, 0.3) is 0 Å². The summed E-state index contributed by atoms with van der Waals surface area (Å²) in [5.41, 5.74) is 1.14. The smallest absolute Gasteiger partial charge is 0.239 e. The highest BCUT2D eigenvalue weighted by Gasteiger charge is 2.30. The van der Waals surface area contributed by atoms with Gasteiger partial charge in [-0.2, -0.15) is 0 Å². The summed E-state index contributed by atoms with van der Waals surface area (Å²) in [6.45, 7) is 7.47. The largest absolute Gasteiger partial charge is 0.493 e. The van der Waals surface area contributed by atoms with Crippen LogP contribution in [0.15, 0.2) is 24.3 Å². The predicted molar refractivity (Wildman–Crippen MR) is 79.8 cm³/mol. The third-order valence-corrected chi connectivity index (χ3v) is 3.98. The lowest BCUT2D eigenvalue weighted by molar-refractivity contribution is -0.131. The van der Waals surface area contributed by atoms with E-state index in [1.165, 1.54) is 0 Å². The highest BCUT2D eigenvalue weighted by Crippen LogP contribution is 2.35. The Hall–Kier alpha value is -1.55. The Kier molecular flexibility index (Phi) is 4.65. The third-order valence-electron chi connectivity index (χ3n) is 3.98. The van der Waals surface area contributed by atoms with Crippen LogP contribution < -0.4 is 10.1 Å². The van der Waals surface area contributed by atoms with Crippen molar-refractivity contribution in [1.29, 1.82) is 0 Å². The second-order valence-electron chi connectivity index (χ2n) is 5.54. The highest BCUT2D eigenvalue weighted by atomic mass is 16.5. The molecule has 1 N–H and O–H groups in total. The first-order valence-corrected chi connectivity index (χ1v) is 7.27. The zero-order valence-electron chi connectivity index (χ0n) is 12.7. The van der Waals surface area contributed by atoms with Gasteiger partial charge in [-0.25, -0.2) is 0 Å². The van der Waals surface area contributed by atoms with Crippen LogP contribution in [0.1, 0.15) is 32.4 Å². The maximum absolute atomic E-state index is 12.2. The van der Waals surface area contributed by atoms with Gasteiger partial charge in [-0.15, -0.1) is 0 Å². The number of nitrogens with one attached hydrogen (secondary N) is 1. The molecule has 1 aromatic carbocycles. The van der Waals surface area contributed by atoms with Crippen LogP contribution in [0, 0.1) is 5.92 Å². The Balaban J connectivity index is 2.14. The molecule has 1 amide bonds. The summed E-state index contributed by atoms with van der Waals surface area (Å²) in [6, 6.07) is 8.01. The van der Waals surface area contributed by atoms with Crippen molar-refractivity contribution < 1.29 is 9.53 Å². The minimum Gasteiger partial charge on any atom is -0.493 e. The minimum absolute atomic E-state index is 0.128. The van der Waals surface area contributed by atoms with Crippen LogP contribution in [0.2, 0.25) is 0 Å². The van der Waals surface area contributed by atoms with E-state index in [0.717, 1.165) is 17.9 Å². The number of hydrogen-bond acceptors (Lipinski definition) is 3. The number of benzene rings is 1. The Bertz CT molecular complexity index is 475. The number of likely N-dealkylation sites (N-methyl/N-ethyl adjacent to an activating group) is 1. The molecule has 4 heteroatoms. The predicted octanol–water partition coefficient (Wildman–Crippen LogP) is 2.21. The zero-order valence-corrected chi connectivity index (χ0v) is 12.7. The number of amides is 1. The average Bonchev–Trinajstić information content (AvgIpc) is 2.48. The van der Waals surface area contributed by atoms with E-state index in [1.54, 1.807) is 4.90 Å². The Labute approximate surface area is 121 Å². The molecule has 0 saturated heterocycles. The number of carbonyl (C=O) groups excluding carboxylic acids is 1. The van der Waals surface area contributed by atoms with Gasteiger partial charge in [0.1, 0.15) is 5.75 Å². The van der Waals surface area contributed by atoms with E-state index in [4.69, 9.17) is 4.74 Å².